The van der Waals surface area contributed by atoms with E-state index in [0.29, 0.717) is 25.6 Å². The molecule has 32 heavy (non-hydrogen) atoms. The molecule has 2 unspecified atom stereocenters. The van der Waals surface area contributed by atoms with E-state index in [0.717, 1.165) is 19.3 Å². The largest absolute Gasteiger partial charge is 0.358 e. The zero-order valence-electron chi connectivity index (χ0n) is 19.8. The predicted molar refractivity (Wildman–Crippen MR) is 124 cm³/mol. The Labute approximate surface area is 191 Å². The number of rotatable bonds is 6. The molecule has 2 fully saturated rings. The highest BCUT2D eigenvalue weighted by molar-refractivity contribution is 5.90. The van der Waals surface area contributed by atoms with Crippen molar-refractivity contribution in [2.75, 3.05) is 20.2 Å². The Morgan fingerprint density at radius 2 is 2.03 bits per heavy atom. The third-order valence-electron chi connectivity index (χ3n) is 7.59. The maximum absolute atomic E-state index is 13.6. The first-order chi connectivity index (χ1) is 15.3. The molecule has 7 nitrogen and oxygen atoms in total. The first kappa shape index (κ1) is 23.2. The number of hydrogen-bond acceptors (Lipinski definition) is 5. The van der Waals surface area contributed by atoms with Gasteiger partial charge in [0.05, 0.1) is 18.7 Å². The lowest BCUT2D eigenvalue weighted by Gasteiger charge is -2.37. The van der Waals surface area contributed by atoms with Gasteiger partial charge in [-0.2, -0.15) is 0 Å². The van der Waals surface area contributed by atoms with E-state index < -0.39 is 6.04 Å². The molecule has 2 saturated heterocycles. The van der Waals surface area contributed by atoms with Crippen molar-refractivity contribution in [3.63, 3.8) is 0 Å². The van der Waals surface area contributed by atoms with Crippen LogP contribution < -0.4 is 16.0 Å². The van der Waals surface area contributed by atoms with Gasteiger partial charge in [0.25, 0.3) is 0 Å². The molecule has 0 aromatic heterocycles. The first-order valence-electron chi connectivity index (χ1n) is 12.0. The third-order valence-corrected chi connectivity index (χ3v) is 7.59. The van der Waals surface area contributed by atoms with E-state index in [1.165, 1.54) is 17.5 Å². The van der Waals surface area contributed by atoms with E-state index in [1.807, 2.05) is 4.90 Å². The minimum atomic E-state index is -0.546. The maximum Gasteiger partial charge on any atom is 0.247 e. The van der Waals surface area contributed by atoms with Gasteiger partial charge in [0, 0.05) is 19.0 Å². The summed E-state index contributed by atoms with van der Waals surface area (Å²) in [6.07, 6.45) is 4.50. The summed E-state index contributed by atoms with van der Waals surface area (Å²) < 4.78 is 6.12. The van der Waals surface area contributed by atoms with Crippen molar-refractivity contribution in [1.29, 1.82) is 0 Å². The molecule has 3 aliphatic rings. The standard InChI is InChI=1S/C25H38N4O3/c1-16(26-4)23(30)28-20-12-13-32-22-14-25(2,3)21(29(22)24(20)31)15-27-19-11-7-9-17-8-5-6-10-18(17)19/h5-6,8,10,16,19-22,26-27H,7,9,11-15H2,1-4H3,(H,28,30)/t16-,19?,20-,21?,22-/m0/s1. The summed E-state index contributed by atoms with van der Waals surface area (Å²) >= 11 is 0. The van der Waals surface area contributed by atoms with E-state index >= 15 is 0 Å². The van der Waals surface area contributed by atoms with Gasteiger partial charge in [0.2, 0.25) is 11.8 Å². The molecule has 2 heterocycles. The highest BCUT2D eigenvalue weighted by Gasteiger charge is 2.51. The highest BCUT2D eigenvalue weighted by atomic mass is 16.5. The Morgan fingerprint density at radius 3 is 2.81 bits per heavy atom. The van der Waals surface area contributed by atoms with Crippen LogP contribution in [0.4, 0.5) is 0 Å². The van der Waals surface area contributed by atoms with Crippen LogP contribution in [0.3, 0.4) is 0 Å². The number of likely N-dealkylation sites (N-methyl/N-ethyl adjacent to an activating group) is 1. The lowest BCUT2D eigenvalue weighted by Crippen LogP contribution is -2.56. The molecular formula is C25H38N4O3. The average molecular weight is 443 g/mol. The molecule has 0 radical (unpaired) electrons. The van der Waals surface area contributed by atoms with E-state index in [-0.39, 0.29) is 35.5 Å². The van der Waals surface area contributed by atoms with Gasteiger partial charge in [-0.1, -0.05) is 38.1 Å². The van der Waals surface area contributed by atoms with Gasteiger partial charge in [-0.25, -0.2) is 0 Å². The van der Waals surface area contributed by atoms with Gasteiger partial charge >= 0.3 is 0 Å². The van der Waals surface area contributed by atoms with Crippen LogP contribution in [-0.2, 0) is 20.7 Å². The molecule has 0 saturated carbocycles. The molecule has 4 rings (SSSR count). The molecule has 1 aromatic rings. The van der Waals surface area contributed by atoms with Crippen LogP contribution >= 0.6 is 0 Å². The fraction of sp³-hybridized carbons (Fsp3) is 0.680. The predicted octanol–water partition coefficient (Wildman–Crippen LogP) is 2.12. The van der Waals surface area contributed by atoms with Crippen LogP contribution in [0.2, 0.25) is 0 Å². The molecule has 0 spiro atoms. The highest BCUT2D eigenvalue weighted by Crippen LogP contribution is 2.42. The third kappa shape index (κ3) is 4.56. The van der Waals surface area contributed by atoms with Gasteiger partial charge in [0.15, 0.2) is 0 Å². The van der Waals surface area contributed by atoms with Crippen LogP contribution in [0, 0.1) is 5.41 Å². The van der Waals surface area contributed by atoms with Gasteiger partial charge < -0.3 is 25.6 Å². The summed E-state index contributed by atoms with van der Waals surface area (Å²) in [4.78, 5) is 28.0. The van der Waals surface area contributed by atoms with Crippen molar-refractivity contribution in [3.05, 3.63) is 35.4 Å². The number of benzene rings is 1. The van der Waals surface area contributed by atoms with Crippen molar-refractivity contribution in [3.8, 4) is 0 Å². The number of nitrogens with zero attached hydrogens (tertiary/aromatic N) is 1. The van der Waals surface area contributed by atoms with Gasteiger partial charge in [-0.3, -0.25) is 9.59 Å². The molecule has 1 aromatic carbocycles. The van der Waals surface area contributed by atoms with E-state index in [4.69, 9.17) is 4.74 Å². The Bertz CT molecular complexity index is 842. The lowest BCUT2D eigenvalue weighted by atomic mass is 9.83. The molecule has 2 aliphatic heterocycles. The second kappa shape index (κ2) is 9.49. The SMILES string of the molecule is CN[C@@H](C)C(=O)N[C@H]1CCO[C@H]2CC(C)(C)C(CNC3CCCc4ccccc43)N2C1=O. The summed E-state index contributed by atoms with van der Waals surface area (Å²) in [6, 6.07) is 8.10. The van der Waals surface area contributed by atoms with Gasteiger partial charge in [-0.15, -0.1) is 0 Å². The Hall–Kier alpha value is -1.96. The summed E-state index contributed by atoms with van der Waals surface area (Å²) in [6.45, 7) is 7.42. The second-order valence-corrected chi connectivity index (χ2v) is 10.2. The molecule has 0 bridgehead atoms. The maximum atomic E-state index is 13.6. The number of aryl methyl sites for hydroxylation is 1. The van der Waals surface area contributed by atoms with E-state index in [9.17, 15) is 9.59 Å². The molecule has 7 heteroatoms. The minimum Gasteiger partial charge on any atom is -0.358 e. The number of amides is 2. The fourth-order valence-electron chi connectivity index (χ4n) is 5.48. The van der Waals surface area contributed by atoms with Crippen molar-refractivity contribution in [2.24, 2.45) is 5.41 Å². The van der Waals surface area contributed by atoms with Crippen molar-refractivity contribution in [1.82, 2.24) is 20.9 Å². The smallest absolute Gasteiger partial charge is 0.247 e. The van der Waals surface area contributed by atoms with Crippen LogP contribution in [0.25, 0.3) is 0 Å². The Morgan fingerprint density at radius 1 is 1.25 bits per heavy atom. The normalized spacial score (nSPS) is 30.2. The number of nitrogens with one attached hydrogen (secondary N) is 3. The monoisotopic (exact) mass is 442 g/mol. The quantitative estimate of drug-likeness (QED) is 0.629. The molecule has 2 amide bonds. The summed E-state index contributed by atoms with van der Waals surface area (Å²) in [7, 11) is 1.74. The zero-order valence-corrected chi connectivity index (χ0v) is 19.8. The summed E-state index contributed by atoms with van der Waals surface area (Å²) in [5.41, 5.74) is 2.73. The zero-order chi connectivity index (χ0) is 22.9. The average Bonchev–Trinajstić information content (AvgIpc) is 2.95. The number of hydrogen-bond donors (Lipinski definition) is 3. The number of fused-ring (bicyclic) bond motifs is 2. The Balaban J connectivity index is 1.50. The van der Waals surface area contributed by atoms with E-state index in [1.54, 1.807) is 14.0 Å². The first-order valence-corrected chi connectivity index (χ1v) is 12.0. The molecule has 3 N–H and O–H groups in total. The van der Waals surface area contributed by atoms with Crippen molar-refractivity contribution >= 4 is 11.8 Å². The van der Waals surface area contributed by atoms with Crippen LogP contribution in [0.1, 0.15) is 63.6 Å². The summed E-state index contributed by atoms with van der Waals surface area (Å²) in [5.74, 6) is -0.179. The second-order valence-electron chi connectivity index (χ2n) is 10.2. The van der Waals surface area contributed by atoms with Crippen LogP contribution in [0.5, 0.6) is 0 Å². The number of ether oxygens (including phenoxy) is 1. The van der Waals surface area contributed by atoms with Gasteiger partial charge in [0.1, 0.15) is 12.3 Å². The van der Waals surface area contributed by atoms with Crippen LogP contribution in [0.15, 0.2) is 24.3 Å². The van der Waals surface area contributed by atoms with E-state index in [2.05, 4.69) is 54.1 Å². The summed E-state index contributed by atoms with van der Waals surface area (Å²) in [5, 5.41) is 9.67. The van der Waals surface area contributed by atoms with Gasteiger partial charge in [-0.05, 0) is 56.2 Å². The van der Waals surface area contributed by atoms with Crippen molar-refractivity contribution in [2.45, 2.75) is 83.3 Å². The minimum absolute atomic E-state index is 0.00770. The molecule has 1 aliphatic carbocycles. The number of carbonyl (C=O) groups is 2. The lowest BCUT2D eigenvalue weighted by molar-refractivity contribution is -0.144. The molecule has 176 valence electrons. The Kier molecular flexibility index (Phi) is 6.89. The van der Waals surface area contributed by atoms with Crippen molar-refractivity contribution < 1.29 is 14.3 Å². The molecular weight excluding hydrogens is 404 g/mol. The fourth-order valence-corrected chi connectivity index (χ4v) is 5.48. The topological polar surface area (TPSA) is 82.7 Å². The van der Waals surface area contributed by atoms with Crippen LogP contribution in [-0.4, -0.2) is 61.3 Å². The molecule has 5 atom stereocenters. The number of carbonyl (C=O) groups excluding carboxylic acids is 2.